The van der Waals surface area contributed by atoms with Crippen LogP contribution in [0.15, 0.2) is 0 Å². The van der Waals surface area contributed by atoms with Gasteiger partial charge in [-0.05, 0) is 45.2 Å². The Morgan fingerprint density at radius 3 is 2.53 bits per heavy atom. The lowest BCUT2D eigenvalue weighted by atomic mass is 9.83. The molecule has 4 heterocycles. The molecule has 2 bridgehead atoms. The highest BCUT2D eigenvalue weighted by molar-refractivity contribution is 5.84. The van der Waals surface area contributed by atoms with Gasteiger partial charge in [0.15, 0.2) is 0 Å². The number of carbonyl (C=O) groups is 1. The summed E-state index contributed by atoms with van der Waals surface area (Å²) >= 11 is 0. The number of nitrogens with zero attached hydrogens (tertiary/aromatic N) is 2. The van der Waals surface area contributed by atoms with E-state index in [0.717, 1.165) is 18.9 Å². The third kappa shape index (κ3) is 1.78. The number of hydrogen-bond acceptors (Lipinski definition) is 3. The molecule has 96 valence electrons. The summed E-state index contributed by atoms with van der Waals surface area (Å²) in [6.07, 6.45) is 3.68. The molecule has 0 aromatic carbocycles. The highest BCUT2D eigenvalue weighted by Crippen LogP contribution is 2.33. The molecule has 1 amide bonds. The molecule has 4 aliphatic heterocycles. The molecule has 17 heavy (non-hydrogen) atoms. The standard InChI is InChI=1S/C13H23N3O/c1-3-11-13(17)16(9(2)14-11)12-8-15-6-4-10(12)5-7-15/h9-12,14H,3-8H2,1-2H3. The van der Waals surface area contributed by atoms with E-state index in [-0.39, 0.29) is 12.2 Å². The molecule has 4 fully saturated rings. The molecule has 0 spiro atoms. The van der Waals surface area contributed by atoms with E-state index in [1.54, 1.807) is 0 Å². The minimum atomic E-state index is 0.0560. The lowest BCUT2D eigenvalue weighted by Gasteiger charge is -2.49. The molecule has 4 nitrogen and oxygen atoms in total. The molecule has 0 aromatic rings. The van der Waals surface area contributed by atoms with Gasteiger partial charge in [0, 0.05) is 12.6 Å². The summed E-state index contributed by atoms with van der Waals surface area (Å²) < 4.78 is 0. The van der Waals surface area contributed by atoms with Crippen LogP contribution in [0.5, 0.6) is 0 Å². The van der Waals surface area contributed by atoms with Crippen LogP contribution in [-0.2, 0) is 4.79 Å². The van der Waals surface area contributed by atoms with Gasteiger partial charge >= 0.3 is 0 Å². The van der Waals surface area contributed by atoms with Crippen molar-refractivity contribution >= 4 is 5.91 Å². The van der Waals surface area contributed by atoms with Crippen LogP contribution in [0.4, 0.5) is 0 Å². The molecule has 0 saturated carbocycles. The van der Waals surface area contributed by atoms with E-state index in [9.17, 15) is 4.79 Å². The predicted octanol–water partition coefficient (Wildman–Crippen LogP) is 0.637. The first-order valence-electron chi connectivity index (χ1n) is 7.01. The van der Waals surface area contributed by atoms with Gasteiger partial charge in [-0.25, -0.2) is 0 Å². The Bertz CT molecular complexity index is 312. The fraction of sp³-hybridized carbons (Fsp3) is 0.923. The van der Waals surface area contributed by atoms with Crippen LogP contribution < -0.4 is 5.32 Å². The van der Waals surface area contributed by atoms with Crippen LogP contribution in [0.25, 0.3) is 0 Å². The molecule has 4 heteroatoms. The van der Waals surface area contributed by atoms with Crippen molar-refractivity contribution in [2.45, 2.75) is 51.4 Å². The fourth-order valence-corrected chi connectivity index (χ4v) is 3.81. The Balaban J connectivity index is 1.77. The normalized spacial score (nSPS) is 45.6. The van der Waals surface area contributed by atoms with Gasteiger partial charge < -0.3 is 9.80 Å². The van der Waals surface area contributed by atoms with E-state index < -0.39 is 0 Å². The molecule has 0 aromatic heterocycles. The molecule has 4 aliphatic rings. The number of fused-ring (bicyclic) bond motifs is 3. The summed E-state index contributed by atoms with van der Waals surface area (Å²) in [5.74, 6) is 1.07. The average molecular weight is 237 g/mol. The molecule has 0 radical (unpaired) electrons. The molecular formula is C13H23N3O. The monoisotopic (exact) mass is 237 g/mol. The number of amides is 1. The van der Waals surface area contributed by atoms with E-state index >= 15 is 0 Å². The maximum Gasteiger partial charge on any atom is 0.241 e. The molecule has 3 unspecified atom stereocenters. The molecule has 1 N–H and O–H groups in total. The van der Waals surface area contributed by atoms with Crippen molar-refractivity contribution in [3.8, 4) is 0 Å². The van der Waals surface area contributed by atoms with E-state index in [0.29, 0.717) is 11.9 Å². The van der Waals surface area contributed by atoms with Crippen molar-refractivity contribution in [3.05, 3.63) is 0 Å². The van der Waals surface area contributed by atoms with E-state index in [4.69, 9.17) is 0 Å². The molecule has 4 rings (SSSR count). The molecule has 4 saturated heterocycles. The molecule has 0 aliphatic carbocycles. The van der Waals surface area contributed by atoms with Crippen molar-refractivity contribution < 1.29 is 4.79 Å². The number of nitrogens with one attached hydrogen (secondary N) is 1. The second-order valence-electron chi connectivity index (χ2n) is 5.75. The van der Waals surface area contributed by atoms with Crippen molar-refractivity contribution in [1.29, 1.82) is 0 Å². The van der Waals surface area contributed by atoms with Crippen molar-refractivity contribution in [2.24, 2.45) is 5.92 Å². The first-order valence-corrected chi connectivity index (χ1v) is 7.01. The van der Waals surface area contributed by atoms with E-state index in [2.05, 4.69) is 29.0 Å². The summed E-state index contributed by atoms with van der Waals surface area (Å²) in [5.41, 5.74) is 0. The fourth-order valence-electron chi connectivity index (χ4n) is 3.81. The Labute approximate surface area is 103 Å². The Morgan fingerprint density at radius 1 is 1.35 bits per heavy atom. The zero-order chi connectivity index (χ0) is 12.0. The van der Waals surface area contributed by atoms with Crippen LogP contribution in [0.2, 0.25) is 0 Å². The Kier molecular flexibility index (Phi) is 2.87. The number of hydrogen-bond donors (Lipinski definition) is 1. The SMILES string of the molecule is CCC1NC(C)N(C2CN3CCC2CC3)C1=O. The van der Waals surface area contributed by atoms with Crippen LogP contribution in [0, 0.1) is 5.92 Å². The summed E-state index contributed by atoms with van der Waals surface area (Å²) in [4.78, 5) is 17.0. The van der Waals surface area contributed by atoms with Crippen LogP contribution in [-0.4, -0.2) is 53.6 Å². The first kappa shape index (κ1) is 11.5. The highest BCUT2D eigenvalue weighted by atomic mass is 16.2. The van der Waals surface area contributed by atoms with Gasteiger partial charge in [-0.3, -0.25) is 10.1 Å². The molecule has 3 atom stereocenters. The van der Waals surface area contributed by atoms with E-state index in [1.165, 1.54) is 25.9 Å². The summed E-state index contributed by atoms with van der Waals surface area (Å²) in [7, 11) is 0. The van der Waals surface area contributed by atoms with Gasteiger partial charge in [-0.15, -0.1) is 0 Å². The Hall–Kier alpha value is -0.610. The average Bonchev–Trinajstić information content (AvgIpc) is 2.65. The van der Waals surface area contributed by atoms with Gasteiger partial charge in [0.25, 0.3) is 0 Å². The smallest absolute Gasteiger partial charge is 0.241 e. The number of rotatable bonds is 2. The van der Waals surface area contributed by atoms with Gasteiger partial charge in [0.1, 0.15) is 0 Å². The van der Waals surface area contributed by atoms with Crippen molar-refractivity contribution in [3.63, 3.8) is 0 Å². The topological polar surface area (TPSA) is 35.6 Å². The number of carbonyl (C=O) groups excluding carboxylic acids is 1. The second kappa shape index (κ2) is 4.25. The van der Waals surface area contributed by atoms with Gasteiger partial charge in [-0.2, -0.15) is 0 Å². The number of piperidine rings is 3. The maximum absolute atomic E-state index is 12.4. The first-order chi connectivity index (χ1) is 8.20. The van der Waals surface area contributed by atoms with Gasteiger partial charge in [0.05, 0.1) is 12.2 Å². The third-order valence-corrected chi connectivity index (χ3v) is 4.80. The maximum atomic E-state index is 12.4. The van der Waals surface area contributed by atoms with Crippen LogP contribution in [0.3, 0.4) is 0 Å². The quantitative estimate of drug-likeness (QED) is 0.765. The third-order valence-electron chi connectivity index (χ3n) is 4.80. The van der Waals surface area contributed by atoms with Crippen LogP contribution >= 0.6 is 0 Å². The van der Waals surface area contributed by atoms with Gasteiger partial charge in [0.2, 0.25) is 5.91 Å². The highest BCUT2D eigenvalue weighted by Gasteiger charge is 2.45. The Morgan fingerprint density at radius 2 is 2.06 bits per heavy atom. The summed E-state index contributed by atoms with van der Waals surface area (Å²) in [5, 5.41) is 3.42. The van der Waals surface area contributed by atoms with Crippen molar-refractivity contribution in [1.82, 2.24) is 15.1 Å². The minimum absolute atomic E-state index is 0.0560. The lowest BCUT2D eigenvalue weighted by molar-refractivity contribution is -0.136. The predicted molar refractivity (Wildman–Crippen MR) is 66.5 cm³/mol. The lowest BCUT2D eigenvalue weighted by Crippen LogP contribution is -2.59. The second-order valence-corrected chi connectivity index (χ2v) is 5.75. The van der Waals surface area contributed by atoms with Crippen LogP contribution in [0.1, 0.15) is 33.1 Å². The minimum Gasteiger partial charge on any atom is -0.322 e. The zero-order valence-corrected chi connectivity index (χ0v) is 10.9. The largest absolute Gasteiger partial charge is 0.322 e. The van der Waals surface area contributed by atoms with Crippen molar-refractivity contribution in [2.75, 3.05) is 19.6 Å². The zero-order valence-electron chi connectivity index (χ0n) is 10.9. The van der Waals surface area contributed by atoms with E-state index in [1.807, 2.05) is 0 Å². The van der Waals surface area contributed by atoms with Gasteiger partial charge in [-0.1, -0.05) is 6.92 Å². The molecular weight excluding hydrogens is 214 g/mol. The summed E-state index contributed by atoms with van der Waals surface area (Å²) in [6.45, 7) is 7.79. The summed E-state index contributed by atoms with van der Waals surface area (Å²) in [6, 6.07) is 0.518.